The van der Waals surface area contributed by atoms with E-state index in [-0.39, 0.29) is 0 Å². The Kier molecular flexibility index (Phi) is 2.36. The first kappa shape index (κ1) is 8.76. The minimum absolute atomic E-state index is 0.362. The van der Waals surface area contributed by atoms with Gasteiger partial charge in [0.15, 0.2) is 0 Å². The molecule has 0 saturated heterocycles. The molecule has 1 aliphatic rings. The molecule has 0 spiro atoms. The maximum absolute atomic E-state index is 11.1. The number of carbonyl (C=O) groups excluding carboxylic acids is 1. The maximum atomic E-state index is 11.1. The molecule has 0 radical (unpaired) electrons. The highest BCUT2D eigenvalue weighted by Crippen LogP contribution is 2.35. The van der Waals surface area contributed by atoms with Crippen molar-refractivity contribution in [2.75, 3.05) is 0 Å². The highest BCUT2D eigenvalue weighted by atomic mass is 35.5. The van der Waals surface area contributed by atoms with E-state index in [2.05, 4.69) is 0 Å². The van der Waals surface area contributed by atoms with E-state index in [1.165, 1.54) is 0 Å². The van der Waals surface area contributed by atoms with Crippen molar-refractivity contribution in [3.8, 4) is 0 Å². The van der Waals surface area contributed by atoms with Crippen LogP contribution >= 0.6 is 11.6 Å². The average molecular weight is 195 g/mol. The number of rotatable bonds is 1. The minimum Gasteiger partial charge on any atom is -0.300 e. The molecule has 1 fully saturated rings. The zero-order valence-corrected chi connectivity index (χ0v) is 8.05. The summed E-state index contributed by atoms with van der Waals surface area (Å²) in [7, 11) is 0. The van der Waals surface area contributed by atoms with E-state index in [1.807, 2.05) is 24.3 Å². The van der Waals surface area contributed by atoms with Gasteiger partial charge < -0.3 is 0 Å². The molecule has 0 aliphatic heterocycles. The molecule has 1 aromatic carbocycles. The quantitative estimate of drug-likeness (QED) is 0.671. The molecule has 2 rings (SSSR count). The molecule has 1 saturated carbocycles. The molecule has 1 nitrogen and oxygen atoms in total. The number of Topliss-reactive ketones (excluding diaryl/α,β-unsaturated/α-hetero) is 1. The third-order valence-corrected chi connectivity index (χ3v) is 2.93. The second kappa shape index (κ2) is 3.51. The van der Waals surface area contributed by atoms with Gasteiger partial charge >= 0.3 is 0 Å². The van der Waals surface area contributed by atoms with E-state index in [9.17, 15) is 4.79 Å². The number of hydrogen-bond donors (Lipinski definition) is 0. The summed E-state index contributed by atoms with van der Waals surface area (Å²) < 4.78 is 0. The van der Waals surface area contributed by atoms with Crippen LogP contribution in [0.1, 0.15) is 30.7 Å². The van der Waals surface area contributed by atoms with Gasteiger partial charge in [0.2, 0.25) is 0 Å². The van der Waals surface area contributed by atoms with Gasteiger partial charge in [-0.3, -0.25) is 4.79 Å². The first-order valence-corrected chi connectivity index (χ1v) is 4.91. The molecule has 1 aromatic rings. The van der Waals surface area contributed by atoms with Crippen LogP contribution in [-0.2, 0) is 4.79 Å². The first-order chi connectivity index (χ1) is 6.27. The Balaban J connectivity index is 2.26. The number of benzene rings is 1. The van der Waals surface area contributed by atoms with Gasteiger partial charge in [-0.1, -0.05) is 29.8 Å². The minimum atomic E-state index is 0.362. The van der Waals surface area contributed by atoms with Crippen LogP contribution in [0, 0.1) is 0 Å². The average Bonchev–Trinajstić information content (AvgIpc) is 2.53. The van der Waals surface area contributed by atoms with E-state index in [1.54, 1.807) is 0 Å². The van der Waals surface area contributed by atoms with Crippen LogP contribution < -0.4 is 0 Å². The summed E-state index contributed by atoms with van der Waals surface area (Å²) in [6, 6.07) is 7.80. The highest BCUT2D eigenvalue weighted by molar-refractivity contribution is 6.31. The largest absolute Gasteiger partial charge is 0.300 e. The fourth-order valence-corrected chi connectivity index (χ4v) is 2.18. The molecule has 1 aliphatic carbocycles. The molecule has 0 N–H and O–H groups in total. The van der Waals surface area contributed by atoms with Crippen LogP contribution in [0.25, 0.3) is 0 Å². The number of carbonyl (C=O) groups is 1. The van der Waals surface area contributed by atoms with Gasteiger partial charge in [0.1, 0.15) is 5.78 Å². The lowest BCUT2D eigenvalue weighted by Crippen LogP contribution is -1.94. The predicted molar refractivity (Wildman–Crippen MR) is 53.1 cm³/mol. The molecule has 1 atom stereocenters. The van der Waals surface area contributed by atoms with E-state index in [0.717, 1.165) is 23.4 Å². The standard InChI is InChI=1S/C11H11ClO/c12-11-4-2-1-3-10(11)8-5-6-9(13)7-8/h1-4,8H,5-7H2. The Morgan fingerprint density at radius 3 is 2.69 bits per heavy atom. The molecule has 1 unspecified atom stereocenters. The summed E-state index contributed by atoms with van der Waals surface area (Å²) >= 11 is 6.04. The molecule has 0 bridgehead atoms. The molecule has 0 heterocycles. The molecular formula is C11H11ClO. The Morgan fingerprint density at radius 2 is 2.08 bits per heavy atom. The van der Waals surface area contributed by atoms with Gasteiger partial charge in [0.25, 0.3) is 0 Å². The summed E-state index contributed by atoms with van der Waals surface area (Å²) in [6.07, 6.45) is 2.35. The van der Waals surface area contributed by atoms with Crippen LogP contribution in [0.5, 0.6) is 0 Å². The summed E-state index contributed by atoms with van der Waals surface area (Å²) in [6.45, 7) is 0. The molecule has 0 aromatic heterocycles. The van der Waals surface area contributed by atoms with Gasteiger partial charge in [0, 0.05) is 17.9 Å². The van der Waals surface area contributed by atoms with E-state index in [0.29, 0.717) is 18.1 Å². The van der Waals surface area contributed by atoms with Crippen molar-refractivity contribution in [2.24, 2.45) is 0 Å². The summed E-state index contributed by atoms with van der Waals surface area (Å²) in [5.74, 6) is 0.728. The summed E-state index contributed by atoms with van der Waals surface area (Å²) in [4.78, 5) is 11.1. The second-order valence-corrected chi connectivity index (χ2v) is 3.91. The number of hydrogen-bond acceptors (Lipinski definition) is 1. The SMILES string of the molecule is O=C1CCC(c2ccccc2Cl)C1. The lowest BCUT2D eigenvalue weighted by atomic mass is 9.98. The van der Waals surface area contributed by atoms with E-state index in [4.69, 9.17) is 11.6 Å². The predicted octanol–water partition coefficient (Wildman–Crippen LogP) is 3.18. The van der Waals surface area contributed by atoms with Crippen molar-refractivity contribution in [2.45, 2.75) is 25.2 Å². The van der Waals surface area contributed by atoms with Crippen molar-refractivity contribution >= 4 is 17.4 Å². The Labute approximate surface area is 82.7 Å². The zero-order chi connectivity index (χ0) is 9.26. The van der Waals surface area contributed by atoms with Gasteiger partial charge in [-0.2, -0.15) is 0 Å². The normalized spacial score (nSPS) is 22.2. The van der Waals surface area contributed by atoms with Crippen molar-refractivity contribution in [3.63, 3.8) is 0 Å². The van der Waals surface area contributed by atoms with Crippen molar-refractivity contribution in [3.05, 3.63) is 34.9 Å². The first-order valence-electron chi connectivity index (χ1n) is 4.53. The smallest absolute Gasteiger partial charge is 0.133 e. The second-order valence-electron chi connectivity index (χ2n) is 3.50. The van der Waals surface area contributed by atoms with Gasteiger partial charge in [0.05, 0.1) is 0 Å². The molecule has 68 valence electrons. The Hall–Kier alpha value is -0.820. The molecule has 0 amide bonds. The Bertz CT molecular complexity index is 333. The molecular weight excluding hydrogens is 184 g/mol. The zero-order valence-electron chi connectivity index (χ0n) is 7.29. The molecule has 2 heteroatoms. The summed E-state index contributed by atoms with van der Waals surface area (Å²) in [5.41, 5.74) is 1.13. The Morgan fingerprint density at radius 1 is 1.31 bits per heavy atom. The molecule has 13 heavy (non-hydrogen) atoms. The lowest BCUT2D eigenvalue weighted by molar-refractivity contribution is -0.117. The monoisotopic (exact) mass is 194 g/mol. The third kappa shape index (κ3) is 1.75. The van der Waals surface area contributed by atoms with Gasteiger partial charge in [-0.05, 0) is 24.0 Å². The number of ketones is 1. The lowest BCUT2D eigenvalue weighted by Gasteiger charge is -2.09. The van der Waals surface area contributed by atoms with Crippen LogP contribution in [0.15, 0.2) is 24.3 Å². The fraction of sp³-hybridized carbons (Fsp3) is 0.364. The van der Waals surface area contributed by atoms with Crippen LogP contribution in [0.3, 0.4) is 0 Å². The topological polar surface area (TPSA) is 17.1 Å². The van der Waals surface area contributed by atoms with Gasteiger partial charge in [-0.15, -0.1) is 0 Å². The van der Waals surface area contributed by atoms with Crippen molar-refractivity contribution in [1.29, 1.82) is 0 Å². The third-order valence-electron chi connectivity index (χ3n) is 2.59. The fourth-order valence-electron chi connectivity index (χ4n) is 1.89. The van der Waals surface area contributed by atoms with Crippen molar-refractivity contribution in [1.82, 2.24) is 0 Å². The van der Waals surface area contributed by atoms with Crippen LogP contribution in [0.4, 0.5) is 0 Å². The van der Waals surface area contributed by atoms with E-state index >= 15 is 0 Å². The van der Waals surface area contributed by atoms with Crippen LogP contribution in [0.2, 0.25) is 5.02 Å². The van der Waals surface area contributed by atoms with Crippen LogP contribution in [-0.4, -0.2) is 5.78 Å². The van der Waals surface area contributed by atoms with Crippen molar-refractivity contribution < 1.29 is 4.79 Å². The number of halogens is 1. The van der Waals surface area contributed by atoms with E-state index < -0.39 is 0 Å². The van der Waals surface area contributed by atoms with Gasteiger partial charge in [-0.25, -0.2) is 0 Å². The summed E-state index contributed by atoms with van der Waals surface area (Å²) in [5, 5.41) is 0.794. The highest BCUT2D eigenvalue weighted by Gasteiger charge is 2.24. The maximum Gasteiger partial charge on any atom is 0.133 e.